The number of hydrogen-bond acceptors (Lipinski definition) is 4. The molecule has 0 saturated heterocycles. The summed E-state index contributed by atoms with van der Waals surface area (Å²) in [5.74, 6) is 0. The molecule has 0 radical (unpaired) electrons. The van der Waals surface area contributed by atoms with Gasteiger partial charge in [0.25, 0.3) is 0 Å². The maximum Gasteiger partial charge on any atom is 0.107 e. The van der Waals surface area contributed by atoms with Crippen molar-refractivity contribution in [1.82, 2.24) is 10.3 Å². The number of thiazole rings is 1. The Morgan fingerprint density at radius 2 is 2.46 bits per heavy atom. The molecule has 3 nitrogen and oxygen atoms in total. The predicted molar refractivity (Wildman–Crippen MR) is 55.1 cm³/mol. The van der Waals surface area contributed by atoms with Crippen molar-refractivity contribution in [1.29, 1.82) is 0 Å². The lowest BCUT2D eigenvalue weighted by molar-refractivity contribution is 0.199. The molecule has 0 aliphatic heterocycles. The highest BCUT2D eigenvalue weighted by Gasteiger charge is 1.98. The topological polar surface area (TPSA) is 34.1 Å². The number of ether oxygens (including phenoxy) is 1. The lowest BCUT2D eigenvalue weighted by atomic mass is 10.4. The summed E-state index contributed by atoms with van der Waals surface area (Å²) in [5.41, 5.74) is 1.19. The maximum atomic E-state index is 4.93. The van der Waals surface area contributed by atoms with Gasteiger partial charge in [-0.3, -0.25) is 0 Å². The van der Waals surface area contributed by atoms with Crippen LogP contribution in [0, 0.1) is 0 Å². The van der Waals surface area contributed by atoms with Gasteiger partial charge < -0.3 is 10.1 Å². The fourth-order valence-electron chi connectivity index (χ4n) is 0.962. The zero-order valence-electron chi connectivity index (χ0n) is 8.17. The van der Waals surface area contributed by atoms with E-state index in [2.05, 4.69) is 22.6 Å². The van der Waals surface area contributed by atoms with Crippen LogP contribution in [0.25, 0.3) is 0 Å². The van der Waals surface area contributed by atoms with Crippen molar-refractivity contribution in [3.8, 4) is 0 Å². The Balaban J connectivity index is 2.20. The van der Waals surface area contributed by atoms with Crippen LogP contribution in [0.15, 0.2) is 5.38 Å². The first-order valence-corrected chi connectivity index (χ1v) is 5.37. The van der Waals surface area contributed by atoms with Gasteiger partial charge in [0.2, 0.25) is 0 Å². The van der Waals surface area contributed by atoms with Crippen molar-refractivity contribution < 1.29 is 4.74 Å². The monoisotopic (exact) mass is 200 g/mol. The van der Waals surface area contributed by atoms with E-state index in [9.17, 15) is 0 Å². The van der Waals surface area contributed by atoms with Gasteiger partial charge in [-0.2, -0.15) is 0 Å². The normalized spacial score (nSPS) is 10.6. The molecule has 1 heterocycles. The highest BCUT2D eigenvalue weighted by molar-refractivity contribution is 7.09. The van der Waals surface area contributed by atoms with E-state index in [-0.39, 0.29) is 0 Å². The van der Waals surface area contributed by atoms with E-state index in [0.717, 1.165) is 31.1 Å². The standard InChI is InChI=1S/C9H16N2OS/c1-3-8-7-13-9(11-8)6-10-4-5-12-2/h7,10H,3-6H2,1-2H3. The van der Waals surface area contributed by atoms with Crippen LogP contribution >= 0.6 is 11.3 Å². The average molecular weight is 200 g/mol. The minimum Gasteiger partial charge on any atom is -0.383 e. The summed E-state index contributed by atoms with van der Waals surface area (Å²) in [4.78, 5) is 4.44. The zero-order valence-corrected chi connectivity index (χ0v) is 8.99. The fourth-order valence-corrected chi connectivity index (χ4v) is 1.81. The highest BCUT2D eigenvalue weighted by Crippen LogP contribution is 2.09. The second kappa shape index (κ2) is 6.07. The molecular weight excluding hydrogens is 184 g/mol. The Labute approximate surface area is 83.1 Å². The third-order valence-corrected chi connectivity index (χ3v) is 2.62. The van der Waals surface area contributed by atoms with E-state index >= 15 is 0 Å². The first kappa shape index (κ1) is 10.6. The van der Waals surface area contributed by atoms with E-state index in [1.54, 1.807) is 18.4 Å². The quantitative estimate of drug-likeness (QED) is 0.706. The molecule has 13 heavy (non-hydrogen) atoms. The van der Waals surface area contributed by atoms with Crippen LogP contribution in [0.4, 0.5) is 0 Å². The molecule has 0 bridgehead atoms. The van der Waals surface area contributed by atoms with E-state index in [4.69, 9.17) is 4.74 Å². The smallest absolute Gasteiger partial charge is 0.107 e. The molecule has 0 aliphatic rings. The average Bonchev–Trinajstić information content (AvgIpc) is 2.60. The Hall–Kier alpha value is -0.450. The lowest BCUT2D eigenvalue weighted by Crippen LogP contribution is -2.18. The fraction of sp³-hybridized carbons (Fsp3) is 0.667. The molecule has 0 atom stereocenters. The summed E-state index contributed by atoms with van der Waals surface area (Å²) >= 11 is 1.72. The summed E-state index contributed by atoms with van der Waals surface area (Å²) in [5, 5.41) is 6.54. The van der Waals surface area contributed by atoms with Gasteiger partial charge in [0, 0.05) is 25.6 Å². The van der Waals surface area contributed by atoms with Crippen LogP contribution in [0.5, 0.6) is 0 Å². The minimum atomic E-state index is 0.756. The van der Waals surface area contributed by atoms with Crippen molar-refractivity contribution in [3.63, 3.8) is 0 Å². The van der Waals surface area contributed by atoms with Gasteiger partial charge in [-0.25, -0.2) is 4.98 Å². The van der Waals surface area contributed by atoms with E-state index in [0.29, 0.717) is 0 Å². The highest BCUT2D eigenvalue weighted by atomic mass is 32.1. The third-order valence-electron chi connectivity index (χ3n) is 1.72. The predicted octanol–water partition coefficient (Wildman–Crippen LogP) is 1.44. The number of methoxy groups -OCH3 is 1. The molecule has 0 unspecified atom stereocenters. The van der Waals surface area contributed by atoms with Crippen LogP contribution in [-0.2, 0) is 17.7 Å². The van der Waals surface area contributed by atoms with Gasteiger partial charge in [0.1, 0.15) is 5.01 Å². The first-order chi connectivity index (χ1) is 6.36. The molecule has 0 saturated carbocycles. The molecular formula is C9H16N2OS. The summed E-state index contributed by atoms with van der Waals surface area (Å²) < 4.78 is 4.93. The van der Waals surface area contributed by atoms with Crippen molar-refractivity contribution in [2.24, 2.45) is 0 Å². The molecule has 1 rings (SSSR count). The summed E-state index contributed by atoms with van der Waals surface area (Å²) in [6, 6.07) is 0. The molecule has 74 valence electrons. The van der Waals surface area contributed by atoms with Gasteiger partial charge in [-0.1, -0.05) is 6.92 Å². The summed E-state index contributed by atoms with van der Waals surface area (Å²) in [7, 11) is 1.71. The number of rotatable bonds is 6. The van der Waals surface area contributed by atoms with Crippen LogP contribution in [0.3, 0.4) is 0 Å². The van der Waals surface area contributed by atoms with Crippen molar-refractivity contribution in [2.75, 3.05) is 20.3 Å². The Bertz CT molecular complexity index is 237. The number of nitrogens with one attached hydrogen (secondary N) is 1. The van der Waals surface area contributed by atoms with Crippen LogP contribution in [0.1, 0.15) is 17.6 Å². The van der Waals surface area contributed by atoms with E-state index < -0.39 is 0 Å². The molecule has 0 amide bonds. The Morgan fingerprint density at radius 3 is 3.08 bits per heavy atom. The largest absolute Gasteiger partial charge is 0.383 e. The van der Waals surface area contributed by atoms with E-state index in [1.807, 2.05) is 0 Å². The molecule has 1 aromatic rings. The van der Waals surface area contributed by atoms with Crippen LogP contribution in [0.2, 0.25) is 0 Å². The van der Waals surface area contributed by atoms with Crippen LogP contribution < -0.4 is 5.32 Å². The van der Waals surface area contributed by atoms with Crippen molar-refractivity contribution >= 4 is 11.3 Å². The van der Waals surface area contributed by atoms with Crippen LogP contribution in [-0.4, -0.2) is 25.2 Å². The molecule has 1 aromatic heterocycles. The first-order valence-electron chi connectivity index (χ1n) is 4.49. The molecule has 0 aliphatic carbocycles. The lowest BCUT2D eigenvalue weighted by Gasteiger charge is -1.99. The van der Waals surface area contributed by atoms with Crippen molar-refractivity contribution in [3.05, 3.63) is 16.1 Å². The summed E-state index contributed by atoms with van der Waals surface area (Å²) in [6.07, 6.45) is 1.02. The summed E-state index contributed by atoms with van der Waals surface area (Å²) in [6.45, 7) is 4.62. The third kappa shape index (κ3) is 3.85. The Kier molecular flexibility index (Phi) is 4.97. The number of nitrogens with zero attached hydrogens (tertiary/aromatic N) is 1. The number of aryl methyl sites for hydroxylation is 1. The molecule has 0 spiro atoms. The van der Waals surface area contributed by atoms with Gasteiger partial charge in [0.05, 0.1) is 12.3 Å². The molecule has 0 aromatic carbocycles. The van der Waals surface area contributed by atoms with Gasteiger partial charge in [-0.15, -0.1) is 11.3 Å². The number of hydrogen-bond donors (Lipinski definition) is 1. The molecule has 1 N–H and O–H groups in total. The SMILES string of the molecule is CCc1csc(CNCCOC)n1. The van der Waals surface area contributed by atoms with Gasteiger partial charge >= 0.3 is 0 Å². The minimum absolute atomic E-state index is 0.756. The van der Waals surface area contributed by atoms with Gasteiger partial charge in [0.15, 0.2) is 0 Å². The second-order valence-corrected chi connectivity index (χ2v) is 3.70. The number of aromatic nitrogens is 1. The molecule has 4 heteroatoms. The Morgan fingerprint density at radius 1 is 1.62 bits per heavy atom. The zero-order chi connectivity index (χ0) is 9.52. The van der Waals surface area contributed by atoms with Gasteiger partial charge in [-0.05, 0) is 6.42 Å². The van der Waals surface area contributed by atoms with E-state index in [1.165, 1.54) is 5.69 Å². The maximum absolute atomic E-state index is 4.93. The molecule has 0 fully saturated rings. The second-order valence-electron chi connectivity index (χ2n) is 2.76. The van der Waals surface area contributed by atoms with Crippen molar-refractivity contribution in [2.45, 2.75) is 19.9 Å².